The Morgan fingerprint density at radius 1 is 1.25 bits per heavy atom. The maximum Gasteiger partial charge on any atom is 0.119 e. The molecule has 2 unspecified atom stereocenters. The maximum atomic E-state index is 6.03. The number of hydrogen-bond acceptors (Lipinski definition) is 2. The minimum absolute atomic E-state index is 0.348. The summed E-state index contributed by atoms with van der Waals surface area (Å²) in [5.74, 6) is 1.80. The molecule has 0 bridgehead atoms. The summed E-state index contributed by atoms with van der Waals surface area (Å²) in [4.78, 5) is 0. The molecule has 0 aromatic heterocycles. The van der Waals surface area contributed by atoms with E-state index in [9.17, 15) is 0 Å². The summed E-state index contributed by atoms with van der Waals surface area (Å²) in [6.45, 7) is 1.74. The second-order valence-electron chi connectivity index (χ2n) is 6.14. The highest BCUT2D eigenvalue weighted by Gasteiger charge is 2.49. The number of ether oxygens (including phenoxy) is 2. The third-order valence-corrected chi connectivity index (χ3v) is 5.76. The van der Waals surface area contributed by atoms with Gasteiger partial charge in [-0.15, -0.1) is 0 Å². The summed E-state index contributed by atoms with van der Waals surface area (Å²) in [6.07, 6.45) is 6.71. The van der Waals surface area contributed by atoms with Crippen molar-refractivity contribution in [1.29, 1.82) is 0 Å². The molecule has 1 aliphatic heterocycles. The minimum atomic E-state index is 0.348. The third-order valence-electron chi connectivity index (χ3n) is 4.65. The topological polar surface area (TPSA) is 18.5 Å². The van der Waals surface area contributed by atoms with Crippen LogP contribution in [0.2, 0.25) is 0 Å². The first-order valence-electron chi connectivity index (χ1n) is 7.69. The SMILES string of the molecule is BrCC1(CCCOc2ccccc2)CCOC1C1CC1. The Morgan fingerprint density at radius 3 is 2.75 bits per heavy atom. The molecule has 2 atom stereocenters. The van der Waals surface area contributed by atoms with Gasteiger partial charge in [0.2, 0.25) is 0 Å². The first kappa shape index (κ1) is 14.4. The lowest BCUT2D eigenvalue weighted by Gasteiger charge is -2.32. The van der Waals surface area contributed by atoms with E-state index < -0.39 is 0 Å². The van der Waals surface area contributed by atoms with Crippen LogP contribution in [0.25, 0.3) is 0 Å². The molecule has 2 nitrogen and oxygen atoms in total. The van der Waals surface area contributed by atoms with Gasteiger partial charge in [0.25, 0.3) is 0 Å². The summed E-state index contributed by atoms with van der Waals surface area (Å²) >= 11 is 3.75. The second-order valence-corrected chi connectivity index (χ2v) is 6.70. The molecule has 1 aromatic rings. The van der Waals surface area contributed by atoms with Crippen LogP contribution in [0.3, 0.4) is 0 Å². The highest BCUT2D eigenvalue weighted by atomic mass is 79.9. The van der Waals surface area contributed by atoms with E-state index in [-0.39, 0.29) is 0 Å². The van der Waals surface area contributed by atoms with Gasteiger partial charge in [0.1, 0.15) is 5.75 Å². The van der Waals surface area contributed by atoms with E-state index >= 15 is 0 Å². The molecule has 1 aliphatic carbocycles. The number of alkyl halides is 1. The van der Waals surface area contributed by atoms with Crippen LogP contribution < -0.4 is 4.74 Å². The number of halogens is 1. The minimum Gasteiger partial charge on any atom is -0.494 e. The fraction of sp³-hybridized carbons (Fsp3) is 0.647. The van der Waals surface area contributed by atoms with Crippen LogP contribution in [0.4, 0.5) is 0 Å². The first-order chi connectivity index (χ1) is 9.84. The molecule has 1 aromatic carbocycles. The molecule has 3 rings (SSSR count). The lowest BCUT2D eigenvalue weighted by Crippen LogP contribution is -2.34. The van der Waals surface area contributed by atoms with Crippen molar-refractivity contribution in [3.8, 4) is 5.75 Å². The van der Waals surface area contributed by atoms with Crippen molar-refractivity contribution in [1.82, 2.24) is 0 Å². The van der Waals surface area contributed by atoms with Gasteiger partial charge in [0.05, 0.1) is 12.7 Å². The Balaban J connectivity index is 1.48. The second kappa shape index (κ2) is 6.48. The fourth-order valence-electron chi connectivity index (χ4n) is 3.35. The Bertz CT molecular complexity index is 418. The Hall–Kier alpha value is -0.540. The van der Waals surface area contributed by atoms with Gasteiger partial charge in [-0.2, -0.15) is 0 Å². The normalized spacial score (nSPS) is 29.6. The molecule has 2 aliphatic rings. The molecule has 0 spiro atoms. The van der Waals surface area contributed by atoms with Gasteiger partial charge < -0.3 is 9.47 Å². The van der Waals surface area contributed by atoms with Crippen LogP contribution in [0.5, 0.6) is 5.75 Å². The molecule has 2 fully saturated rings. The van der Waals surface area contributed by atoms with Gasteiger partial charge >= 0.3 is 0 Å². The number of para-hydroxylation sites is 1. The highest BCUT2D eigenvalue weighted by Crippen LogP contribution is 2.50. The molecule has 110 valence electrons. The quantitative estimate of drug-likeness (QED) is 0.541. The number of benzene rings is 1. The molecule has 20 heavy (non-hydrogen) atoms. The van der Waals surface area contributed by atoms with Crippen molar-refractivity contribution in [2.75, 3.05) is 18.5 Å². The molecule has 0 amide bonds. The van der Waals surface area contributed by atoms with Crippen molar-refractivity contribution >= 4 is 15.9 Å². The fourth-order valence-corrected chi connectivity index (χ4v) is 4.23. The van der Waals surface area contributed by atoms with Gasteiger partial charge in [-0.05, 0) is 50.2 Å². The zero-order valence-corrected chi connectivity index (χ0v) is 13.5. The van der Waals surface area contributed by atoms with Gasteiger partial charge in [0.15, 0.2) is 0 Å². The molecular weight excluding hydrogens is 316 g/mol. The molecule has 3 heteroatoms. The van der Waals surface area contributed by atoms with Crippen LogP contribution in [0, 0.1) is 11.3 Å². The van der Waals surface area contributed by atoms with Crippen LogP contribution >= 0.6 is 15.9 Å². The van der Waals surface area contributed by atoms with Crippen molar-refractivity contribution in [2.45, 2.75) is 38.2 Å². The monoisotopic (exact) mass is 338 g/mol. The first-order valence-corrected chi connectivity index (χ1v) is 8.82. The molecule has 1 saturated heterocycles. The summed E-state index contributed by atoms with van der Waals surface area (Å²) in [6, 6.07) is 10.1. The molecule has 0 N–H and O–H groups in total. The van der Waals surface area contributed by atoms with Gasteiger partial charge in [-0.25, -0.2) is 0 Å². The van der Waals surface area contributed by atoms with E-state index in [0.717, 1.165) is 36.6 Å². The van der Waals surface area contributed by atoms with E-state index in [1.807, 2.05) is 30.3 Å². The lowest BCUT2D eigenvalue weighted by molar-refractivity contribution is 0.0353. The standard InChI is InChI=1S/C17H23BrO2/c18-13-17(10-12-20-16(17)14-7-8-14)9-4-11-19-15-5-2-1-3-6-15/h1-3,5-6,14,16H,4,7-13H2. The molecule has 1 heterocycles. The Labute approximate surface area is 130 Å². The summed E-state index contributed by atoms with van der Waals surface area (Å²) in [5.41, 5.74) is 0.348. The zero-order valence-electron chi connectivity index (χ0n) is 11.9. The van der Waals surface area contributed by atoms with Crippen molar-refractivity contribution < 1.29 is 9.47 Å². The van der Waals surface area contributed by atoms with Gasteiger partial charge in [-0.1, -0.05) is 34.1 Å². The van der Waals surface area contributed by atoms with Crippen molar-refractivity contribution in [3.63, 3.8) is 0 Å². The van der Waals surface area contributed by atoms with E-state index in [1.54, 1.807) is 0 Å². The van der Waals surface area contributed by atoms with Crippen LogP contribution in [-0.4, -0.2) is 24.6 Å². The third kappa shape index (κ3) is 3.20. The lowest BCUT2D eigenvalue weighted by atomic mass is 9.77. The van der Waals surface area contributed by atoms with Crippen LogP contribution in [0.15, 0.2) is 30.3 Å². The van der Waals surface area contributed by atoms with E-state index in [2.05, 4.69) is 15.9 Å². The summed E-state index contributed by atoms with van der Waals surface area (Å²) in [5, 5.41) is 1.06. The summed E-state index contributed by atoms with van der Waals surface area (Å²) in [7, 11) is 0. The predicted molar refractivity (Wildman–Crippen MR) is 84.5 cm³/mol. The average Bonchev–Trinajstić information content (AvgIpc) is 3.25. The van der Waals surface area contributed by atoms with Crippen molar-refractivity contribution in [2.24, 2.45) is 11.3 Å². The van der Waals surface area contributed by atoms with Gasteiger partial charge in [0, 0.05) is 17.4 Å². The largest absolute Gasteiger partial charge is 0.494 e. The number of hydrogen-bond donors (Lipinski definition) is 0. The van der Waals surface area contributed by atoms with Crippen LogP contribution in [-0.2, 0) is 4.74 Å². The Morgan fingerprint density at radius 2 is 2.05 bits per heavy atom. The van der Waals surface area contributed by atoms with E-state index in [1.165, 1.54) is 25.7 Å². The highest BCUT2D eigenvalue weighted by molar-refractivity contribution is 9.09. The van der Waals surface area contributed by atoms with E-state index in [0.29, 0.717) is 11.5 Å². The molecule has 0 radical (unpaired) electrons. The molecular formula is C17H23BrO2. The summed E-state index contributed by atoms with van der Waals surface area (Å²) < 4.78 is 11.8. The molecule has 1 saturated carbocycles. The van der Waals surface area contributed by atoms with Crippen molar-refractivity contribution in [3.05, 3.63) is 30.3 Å². The maximum absolute atomic E-state index is 6.03. The predicted octanol–water partition coefficient (Wildman–Crippen LogP) is 4.43. The zero-order chi connectivity index (χ0) is 13.8. The van der Waals surface area contributed by atoms with E-state index in [4.69, 9.17) is 9.47 Å². The van der Waals surface area contributed by atoms with Crippen LogP contribution in [0.1, 0.15) is 32.1 Å². The smallest absolute Gasteiger partial charge is 0.119 e. The van der Waals surface area contributed by atoms with Gasteiger partial charge in [-0.3, -0.25) is 0 Å². The average molecular weight is 339 g/mol. The Kier molecular flexibility index (Phi) is 4.67. The number of rotatable bonds is 7.